The van der Waals surface area contributed by atoms with E-state index in [1.54, 1.807) is 7.05 Å². The Morgan fingerprint density at radius 2 is 1.84 bits per heavy atom. The van der Waals surface area contributed by atoms with Crippen molar-refractivity contribution in [2.75, 3.05) is 18.9 Å². The van der Waals surface area contributed by atoms with E-state index in [1.807, 2.05) is 30.3 Å². The van der Waals surface area contributed by atoms with Crippen molar-refractivity contribution in [3.8, 4) is 0 Å². The maximum Gasteiger partial charge on any atom is 0.411 e. The fourth-order valence-corrected chi connectivity index (χ4v) is 3.96. The summed E-state index contributed by atoms with van der Waals surface area (Å²) in [6, 6.07) is 9.07. The van der Waals surface area contributed by atoms with Gasteiger partial charge in [-0.1, -0.05) is 39.0 Å². The zero-order valence-corrected chi connectivity index (χ0v) is 15.5. The number of anilines is 1. The predicted molar refractivity (Wildman–Crippen MR) is 98.5 cm³/mol. The number of amides is 3. The molecule has 1 aliphatic carbocycles. The van der Waals surface area contributed by atoms with Gasteiger partial charge >= 0.3 is 12.1 Å². The highest BCUT2D eigenvalue weighted by molar-refractivity contribution is 5.84. The van der Waals surface area contributed by atoms with Crippen molar-refractivity contribution < 1.29 is 14.3 Å². The van der Waals surface area contributed by atoms with Crippen LogP contribution in [0.1, 0.15) is 40.0 Å². The van der Waals surface area contributed by atoms with Crippen molar-refractivity contribution in [2.24, 2.45) is 10.8 Å². The van der Waals surface area contributed by atoms with Gasteiger partial charge in [-0.3, -0.25) is 5.32 Å². The number of ether oxygens (including phenoxy) is 1. The molecule has 0 heterocycles. The summed E-state index contributed by atoms with van der Waals surface area (Å²) < 4.78 is 5.68. The lowest BCUT2D eigenvalue weighted by Crippen LogP contribution is -2.47. The molecule has 0 spiro atoms. The van der Waals surface area contributed by atoms with Crippen molar-refractivity contribution in [3.63, 3.8) is 0 Å². The number of rotatable bonds is 4. The second kappa shape index (κ2) is 7.76. The Morgan fingerprint density at radius 1 is 1.16 bits per heavy atom. The van der Waals surface area contributed by atoms with Gasteiger partial charge < -0.3 is 15.4 Å². The fraction of sp³-hybridized carbons (Fsp3) is 0.579. The minimum absolute atomic E-state index is 0.0368. The molecule has 1 aliphatic rings. The molecule has 0 bridgehead atoms. The molecule has 2 rings (SSSR count). The highest BCUT2D eigenvalue weighted by Gasteiger charge is 2.42. The molecule has 6 nitrogen and oxygen atoms in total. The normalized spacial score (nSPS) is 24.9. The van der Waals surface area contributed by atoms with Crippen LogP contribution in [-0.4, -0.2) is 31.8 Å². The molecule has 25 heavy (non-hydrogen) atoms. The molecule has 3 amide bonds. The van der Waals surface area contributed by atoms with Crippen LogP contribution in [0.4, 0.5) is 15.3 Å². The van der Waals surface area contributed by atoms with Crippen molar-refractivity contribution in [2.45, 2.75) is 46.1 Å². The molecular weight excluding hydrogens is 318 g/mol. The first kappa shape index (κ1) is 19.1. The summed E-state index contributed by atoms with van der Waals surface area (Å²) in [6.07, 6.45) is 1.89. The van der Waals surface area contributed by atoms with Crippen molar-refractivity contribution in [3.05, 3.63) is 30.3 Å². The highest BCUT2D eigenvalue weighted by Crippen LogP contribution is 2.46. The van der Waals surface area contributed by atoms with E-state index in [2.05, 4.69) is 36.7 Å². The minimum Gasteiger partial charge on any atom is -0.446 e. The summed E-state index contributed by atoms with van der Waals surface area (Å²) in [6.45, 7) is 7.04. The molecule has 2 unspecified atom stereocenters. The molecule has 6 heteroatoms. The number of hydrogen-bond acceptors (Lipinski definition) is 3. The first-order valence-electron chi connectivity index (χ1n) is 8.70. The highest BCUT2D eigenvalue weighted by atomic mass is 16.6. The molecule has 1 aromatic rings. The van der Waals surface area contributed by atoms with Crippen LogP contribution in [-0.2, 0) is 4.74 Å². The molecule has 2 atom stereocenters. The maximum absolute atomic E-state index is 12.2. The number of para-hydroxylation sites is 1. The van der Waals surface area contributed by atoms with E-state index in [4.69, 9.17) is 4.74 Å². The first-order valence-corrected chi connectivity index (χ1v) is 8.70. The van der Waals surface area contributed by atoms with Gasteiger partial charge in [0, 0.05) is 19.3 Å². The Bertz CT molecular complexity index is 603. The van der Waals surface area contributed by atoms with E-state index in [-0.39, 0.29) is 23.0 Å². The maximum atomic E-state index is 12.2. The van der Waals surface area contributed by atoms with Gasteiger partial charge in [-0.15, -0.1) is 0 Å². The molecule has 0 aromatic heterocycles. The largest absolute Gasteiger partial charge is 0.446 e. The molecule has 3 N–H and O–H groups in total. The van der Waals surface area contributed by atoms with Crippen LogP contribution in [0.5, 0.6) is 0 Å². The van der Waals surface area contributed by atoms with E-state index >= 15 is 0 Å². The van der Waals surface area contributed by atoms with Gasteiger partial charge in [0.05, 0.1) is 0 Å². The average molecular weight is 347 g/mol. The van der Waals surface area contributed by atoms with Gasteiger partial charge in [-0.05, 0) is 42.2 Å². The standard InChI is InChI=1S/C19H29N3O3/c1-18(2)10-15(11-19(3,12-18)13-21-16(23)20-4)25-17(24)22-14-8-6-5-7-9-14/h5-9,15H,10-13H2,1-4H3,(H,22,24)(H2,20,21,23). The first-order chi connectivity index (χ1) is 11.7. The van der Waals surface area contributed by atoms with Crippen molar-refractivity contribution >= 4 is 17.8 Å². The monoisotopic (exact) mass is 347 g/mol. The van der Waals surface area contributed by atoms with Gasteiger partial charge in [-0.2, -0.15) is 0 Å². The van der Waals surface area contributed by atoms with Crippen LogP contribution < -0.4 is 16.0 Å². The lowest BCUT2D eigenvalue weighted by Gasteiger charge is -2.46. The zero-order chi connectivity index (χ0) is 18.5. The molecule has 1 fully saturated rings. The topological polar surface area (TPSA) is 79.5 Å². The Hall–Kier alpha value is -2.24. The number of carbonyl (C=O) groups is 2. The smallest absolute Gasteiger partial charge is 0.411 e. The molecule has 0 aliphatic heterocycles. The Morgan fingerprint density at radius 3 is 2.48 bits per heavy atom. The predicted octanol–water partition coefficient (Wildman–Crippen LogP) is 3.75. The van der Waals surface area contributed by atoms with Gasteiger partial charge in [0.1, 0.15) is 6.10 Å². The van der Waals surface area contributed by atoms with Gasteiger partial charge in [0.15, 0.2) is 0 Å². The molecule has 0 saturated heterocycles. The number of nitrogens with one attached hydrogen (secondary N) is 3. The molecule has 0 radical (unpaired) electrons. The second-order valence-corrected chi connectivity index (χ2v) is 8.01. The summed E-state index contributed by atoms with van der Waals surface area (Å²) in [5, 5.41) is 8.22. The Kier molecular flexibility index (Phi) is 5.93. The second-order valence-electron chi connectivity index (χ2n) is 8.01. The van der Waals surface area contributed by atoms with E-state index in [9.17, 15) is 9.59 Å². The van der Waals surface area contributed by atoms with Crippen LogP contribution in [0.25, 0.3) is 0 Å². The third-order valence-corrected chi connectivity index (χ3v) is 4.60. The summed E-state index contributed by atoms with van der Waals surface area (Å²) in [5.41, 5.74) is 0.632. The molecule has 138 valence electrons. The lowest BCUT2D eigenvalue weighted by atomic mass is 9.63. The van der Waals surface area contributed by atoms with Gasteiger partial charge in [0.2, 0.25) is 0 Å². The summed E-state index contributed by atoms with van der Waals surface area (Å²) >= 11 is 0. The van der Waals surface area contributed by atoms with Crippen LogP contribution in [0.3, 0.4) is 0 Å². The summed E-state index contributed by atoms with van der Waals surface area (Å²) in [7, 11) is 1.60. The average Bonchev–Trinajstić information content (AvgIpc) is 2.51. The number of benzene rings is 1. The van der Waals surface area contributed by atoms with E-state index in [1.165, 1.54) is 0 Å². The zero-order valence-electron chi connectivity index (χ0n) is 15.5. The molecule has 1 aromatic carbocycles. The van der Waals surface area contributed by atoms with Gasteiger partial charge in [0.25, 0.3) is 0 Å². The van der Waals surface area contributed by atoms with Crippen LogP contribution in [0.15, 0.2) is 30.3 Å². The minimum atomic E-state index is -0.435. The number of hydrogen-bond donors (Lipinski definition) is 3. The van der Waals surface area contributed by atoms with E-state index < -0.39 is 6.09 Å². The lowest BCUT2D eigenvalue weighted by molar-refractivity contribution is -0.0144. The Labute approximate surface area is 149 Å². The number of carbonyl (C=O) groups excluding carboxylic acids is 2. The van der Waals surface area contributed by atoms with E-state index in [0.29, 0.717) is 12.2 Å². The number of urea groups is 1. The molecular formula is C19H29N3O3. The fourth-order valence-electron chi connectivity index (χ4n) is 3.96. The van der Waals surface area contributed by atoms with Crippen LogP contribution >= 0.6 is 0 Å². The van der Waals surface area contributed by atoms with Crippen LogP contribution in [0, 0.1) is 10.8 Å². The Balaban J connectivity index is 1.97. The molecule has 1 saturated carbocycles. The third kappa shape index (κ3) is 5.96. The van der Waals surface area contributed by atoms with Crippen molar-refractivity contribution in [1.29, 1.82) is 0 Å². The van der Waals surface area contributed by atoms with Crippen LogP contribution in [0.2, 0.25) is 0 Å². The van der Waals surface area contributed by atoms with Gasteiger partial charge in [-0.25, -0.2) is 9.59 Å². The SMILES string of the molecule is CNC(=O)NCC1(C)CC(OC(=O)Nc2ccccc2)CC(C)(C)C1. The summed E-state index contributed by atoms with van der Waals surface area (Å²) in [5.74, 6) is 0. The van der Waals surface area contributed by atoms with Crippen molar-refractivity contribution in [1.82, 2.24) is 10.6 Å². The van der Waals surface area contributed by atoms with E-state index in [0.717, 1.165) is 19.3 Å². The quantitative estimate of drug-likeness (QED) is 0.776. The summed E-state index contributed by atoms with van der Waals surface area (Å²) in [4.78, 5) is 23.7. The third-order valence-electron chi connectivity index (χ3n) is 4.60.